The lowest BCUT2D eigenvalue weighted by molar-refractivity contribution is 0.613. The quantitative estimate of drug-likeness (QED) is 0.326. The van der Waals surface area contributed by atoms with Gasteiger partial charge < -0.3 is 10.6 Å². The first-order chi connectivity index (χ1) is 16.9. The number of halogens is 1. The van der Waals surface area contributed by atoms with Crippen LogP contribution in [0.4, 0.5) is 16.0 Å². The minimum Gasteiger partial charge on any atom is -0.354 e. The van der Waals surface area contributed by atoms with E-state index in [0.29, 0.717) is 23.1 Å². The summed E-state index contributed by atoms with van der Waals surface area (Å²) in [5.41, 5.74) is 8.00. The predicted molar refractivity (Wildman–Crippen MR) is 140 cm³/mol. The Kier molecular flexibility index (Phi) is 6.19. The molecule has 1 aromatic heterocycles. The van der Waals surface area contributed by atoms with Crippen molar-refractivity contribution in [2.45, 2.75) is 27.2 Å². The third-order valence-electron chi connectivity index (χ3n) is 6.71. The molecule has 0 amide bonds. The lowest BCUT2D eigenvalue weighted by atomic mass is 9.92. The maximum Gasteiger partial charge on any atom is 0.223 e. The lowest BCUT2D eigenvalue weighted by Gasteiger charge is -2.15. The first-order valence-corrected chi connectivity index (χ1v) is 11.9. The average molecular weight is 466 g/mol. The van der Waals surface area contributed by atoms with Gasteiger partial charge in [-0.25, -0.2) is 19.2 Å². The molecule has 2 N–H and O–H groups in total. The molecule has 4 aromatic rings. The van der Waals surface area contributed by atoms with Crippen molar-refractivity contribution in [3.05, 3.63) is 82.5 Å². The van der Waals surface area contributed by atoms with E-state index in [4.69, 9.17) is 16.5 Å². The lowest BCUT2D eigenvalue weighted by Crippen LogP contribution is -2.18. The third kappa shape index (κ3) is 4.60. The van der Waals surface area contributed by atoms with Gasteiger partial charge >= 0.3 is 0 Å². The molecule has 1 atom stereocenters. The topological polar surface area (TPSA) is 54.2 Å². The molecule has 35 heavy (non-hydrogen) atoms. The van der Waals surface area contributed by atoms with Crippen molar-refractivity contribution in [3.8, 4) is 22.4 Å². The molecule has 2 heterocycles. The van der Waals surface area contributed by atoms with Crippen LogP contribution in [0.25, 0.3) is 38.1 Å². The summed E-state index contributed by atoms with van der Waals surface area (Å²) in [5.74, 6) is 0.518. The van der Waals surface area contributed by atoms with E-state index in [0.717, 1.165) is 42.5 Å². The van der Waals surface area contributed by atoms with Crippen LogP contribution in [0.3, 0.4) is 0 Å². The van der Waals surface area contributed by atoms with Crippen LogP contribution in [0.2, 0.25) is 0 Å². The van der Waals surface area contributed by atoms with E-state index in [1.165, 1.54) is 34.4 Å². The molecule has 6 heteroatoms. The second-order valence-electron chi connectivity index (χ2n) is 9.42. The fraction of sp³-hybridized carbons (Fsp3) is 0.276. The van der Waals surface area contributed by atoms with Gasteiger partial charge in [-0.3, -0.25) is 0 Å². The zero-order valence-electron chi connectivity index (χ0n) is 20.2. The summed E-state index contributed by atoms with van der Waals surface area (Å²) in [4.78, 5) is 12.9. The Hall–Kier alpha value is -3.82. The molecule has 0 unspecified atom stereocenters. The molecule has 1 saturated heterocycles. The number of anilines is 1. The van der Waals surface area contributed by atoms with E-state index < -0.39 is 5.82 Å². The highest BCUT2D eigenvalue weighted by Gasteiger charge is 2.17. The first-order valence-electron chi connectivity index (χ1n) is 11.9. The van der Waals surface area contributed by atoms with Crippen LogP contribution >= 0.6 is 0 Å². The molecule has 0 spiro atoms. The number of benzene rings is 3. The van der Waals surface area contributed by atoms with Crippen molar-refractivity contribution in [2.24, 2.45) is 5.92 Å². The molecule has 1 aliphatic rings. The third-order valence-corrected chi connectivity index (χ3v) is 6.71. The Balaban J connectivity index is 1.65. The summed E-state index contributed by atoms with van der Waals surface area (Å²) in [6, 6.07) is 15.3. The highest BCUT2D eigenvalue weighted by Crippen LogP contribution is 2.35. The zero-order chi connectivity index (χ0) is 24.5. The highest BCUT2D eigenvalue weighted by molar-refractivity contribution is 5.96. The molecule has 3 aromatic carbocycles. The maximum atomic E-state index is 14.6. The Bertz CT molecular complexity index is 1440. The van der Waals surface area contributed by atoms with Crippen molar-refractivity contribution < 1.29 is 4.39 Å². The highest BCUT2D eigenvalue weighted by atomic mass is 19.1. The van der Waals surface area contributed by atoms with E-state index in [1.54, 1.807) is 6.07 Å². The molecule has 0 radical (unpaired) electrons. The van der Waals surface area contributed by atoms with Crippen LogP contribution in [0.1, 0.15) is 23.1 Å². The number of aromatic nitrogens is 2. The molecule has 176 valence electrons. The van der Waals surface area contributed by atoms with E-state index in [2.05, 4.69) is 60.5 Å². The first kappa shape index (κ1) is 22.9. The standard InChI is InChI=1S/C29H28FN5/c1-17-11-18(2)27(19(3)12-17)21-5-7-25-23(13-21)28(22-6-8-26(31-4)24(30)14-22)35-29(34-25)33-16-20-9-10-32-15-20/h5-8,11-14,20,32H,9-10,15-16H2,1-3H3,(H,33,34,35)/t20-/m0/s1. The summed E-state index contributed by atoms with van der Waals surface area (Å²) >= 11 is 0. The molecule has 1 aliphatic heterocycles. The van der Waals surface area contributed by atoms with E-state index in [9.17, 15) is 4.39 Å². The minimum atomic E-state index is -0.544. The second kappa shape index (κ2) is 9.44. The van der Waals surface area contributed by atoms with Gasteiger partial charge in [-0.15, -0.1) is 0 Å². The number of hydrogen-bond donors (Lipinski definition) is 2. The molecule has 0 aliphatic carbocycles. The zero-order valence-corrected chi connectivity index (χ0v) is 20.2. The minimum absolute atomic E-state index is 0.00536. The molecular formula is C29H28FN5. The molecule has 5 nitrogen and oxygen atoms in total. The number of aryl methyl sites for hydroxylation is 3. The number of nitrogens with one attached hydrogen (secondary N) is 2. The molecule has 0 bridgehead atoms. The Morgan fingerprint density at radius 1 is 1.03 bits per heavy atom. The molecule has 5 rings (SSSR count). The van der Waals surface area contributed by atoms with Gasteiger partial charge in [0.2, 0.25) is 11.6 Å². The van der Waals surface area contributed by atoms with Crippen molar-refractivity contribution in [2.75, 3.05) is 25.0 Å². The van der Waals surface area contributed by atoms with Crippen molar-refractivity contribution in [1.29, 1.82) is 0 Å². The predicted octanol–water partition coefficient (Wildman–Crippen LogP) is 6.60. The van der Waals surface area contributed by atoms with Crippen LogP contribution in [0.15, 0.2) is 48.5 Å². The second-order valence-corrected chi connectivity index (χ2v) is 9.42. The van der Waals surface area contributed by atoms with E-state index in [1.807, 2.05) is 6.07 Å². The normalized spacial score (nSPS) is 15.3. The molecular weight excluding hydrogens is 437 g/mol. The average Bonchev–Trinajstić information content (AvgIpc) is 3.35. The summed E-state index contributed by atoms with van der Waals surface area (Å²) in [6.45, 7) is 16.3. The van der Waals surface area contributed by atoms with Crippen molar-refractivity contribution >= 4 is 22.5 Å². The van der Waals surface area contributed by atoms with Crippen LogP contribution in [-0.4, -0.2) is 29.6 Å². The van der Waals surface area contributed by atoms with Crippen molar-refractivity contribution in [1.82, 2.24) is 15.3 Å². The van der Waals surface area contributed by atoms with Gasteiger partial charge in [-0.05, 0) is 86.7 Å². The van der Waals surface area contributed by atoms with Gasteiger partial charge in [0.15, 0.2) is 0 Å². The van der Waals surface area contributed by atoms with Crippen LogP contribution in [0.5, 0.6) is 0 Å². The van der Waals surface area contributed by atoms with E-state index >= 15 is 0 Å². The number of hydrogen-bond acceptors (Lipinski definition) is 4. The molecule has 1 fully saturated rings. The summed E-state index contributed by atoms with van der Waals surface area (Å²) in [6.07, 6.45) is 1.12. The Morgan fingerprint density at radius 3 is 2.49 bits per heavy atom. The number of fused-ring (bicyclic) bond motifs is 1. The maximum absolute atomic E-state index is 14.6. The molecule has 0 saturated carbocycles. The summed E-state index contributed by atoms with van der Waals surface area (Å²) in [7, 11) is 0. The van der Waals surface area contributed by atoms with Crippen LogP contribution in [-0.2, 0) is 0 Å². The number of nitrogens with zero attached hydrogens (tertiary/aromatic N) is 3. The van der Waals surface area contributed by atoms with Gasteiger partial charge in [-0.2, -0.15) is 0 Å². The smallest absolute Gasteiger partial charge is 0.223 e. The Morgan fingerprint density at radius 2 is 1.80 bits per heavy atom. The van der Waals surface area contributed by atoms with Gasteiger partial charge in [0.1, 0.15) is 5.82 Å². The van der Waals surface area contributed by atoms with Crippen LogP contribution in [0, 0.1) is 39.1 Å². The number of rotatable bonds is 5. The fourth-order valence-electron chi connectivity index (χ4n) is 5.09. The van der Waals surface area contributed by atoms with E-state index in [-0.39, 0.29) is 5.69 Å². The van der Waals surface area contributed by atoms with Crippen LogP contribution < -0.4 is 10.6 Å². The SMILES string of the molecule is [C-]#[N+]c1ccc(-c2nc(NC[C@H]3CCNC3)nc3ccc(-c4c(C)cc(C)cc4C)cc23)cc1F. The summed E-state index contributed by atoms with van der Waals surface area (Å²) in [5, 5.41) is 7.62. The van der Waals surface area contributed by atoms with Gasteiger partial charge in [0.25, 0.3) is 0 Å². The van der Waals surface area contributed by atoms with Gasteiger partial charge in [0, 0.05) is 17.5 Å². The van der Waals surface area contributed by atoms with Gasteiger partial charge in [-0.1, -0.05) is 35.9 Å². The monoisotopic (exact) mass is 465 g/mol. The van der Waals surface area contributed by atoms with Gasteiger partial charge in [0.05, 0.1) is 17.8 Å². The fourth-order valence-corrected chi connectivity index (χ4v) is 5.09. The summed E-state index contributed by atoms with van der Waals surface area (Å²) < 4.78 is 14.6. The largest absolute Gasteiger partial charge is 0.354 e. The van der Waals surface area contributed by atoms with Crippen molar-refractivity contribution in [3.63, 3.8) is 0 Å². The Labute approximate surface area is 205 Å².